The minimum Gasteiger partial charge on any atom is -0.490 e. The van der Waals surface area contributed by atoms with Crippen LogP contribution in [0.3, 0.4) is 0 Å². The lowest BCUT2D eigenvalue weighted by Crippen LogP contribution is -2.52. The monoisotopic (exact) mass is 1140 g/mol. The van der Waals surface area contributed by atoms with Gasteiger partial charge in [0.15, 0.2) is 0 Å². The second kappa shape index (κ2) is 25.1. The van der Waals surface area contributed by atoms with Gasteiger partial charge in [-0.25, -0.2) is 14.3 Å². The number of fused-ring (bicyclic) bond motifs is 5. The molecule has 9 rings (SSSR count). The Kier molecular flexibility index (Phi) is 18.0. The van der Waals surface area contributed by atoms with Crippen molar-refractivity contribution in [2.24, 2.45) is 0 Å². The van der Waals surface area contributed by atoms with Gasteiger partial charge in [0.2, 0.25) is 41.4 Å². The van der Waals surface area contributed by atoms with Gasteiger partial charge in [0, 0.05) is 41.8 Å². The summed E-state index contributed by atoms with van der Waals surface area (Å²) < 4.78 is 34.9. The van der Waals surface area contributed by atoms with Crippen molar-refractivity contribution < 1.29 is 57.3 Å². The molecule has 4 aliphatic rings. The topological polar surface area (TPSA) is 266 Å². The van der Waals surface area contributed by atoms with Crippen molar-refractivity contribution in [1.29, 1.82) is 0 Å². The quantitative estimate of drug-likeness (QED) is 0.0297. The molecule has 4 atom stereocenters. The molecule has 3 aliphatic heterocycles. The molecule has 22 heteroatoms. The molecular weight excluding hydrogens is 1080 g/mol. The minimum atomic E-state index is -1.57. The van der Waals surface area contributed by atoms with Crippen LogP contribution < -0.4 is 37.0 Å². The molecule has 432 valence electrons. The van der Waals surface area contributed by atoms with E-state index in [9.17, 15) is 43.5 Å². The molecule has 0 radical (unpaired) electrons. The van der Waals surface area contributed by atoms with E-state index in [0.29, 0.717) is 65.0 Å². The van der Waals surface area contributed by atoms with E-state index in [-0.39, 0.29) is 100 Å². The molecule has 1 aliphatic carbocycles. The number of pyridine rings is 2. The Hall–Kier alpha value is -7.79. The van der Waals surface area contributed by atoms with Crippen molar-refractivity contribution in [3.8, 4) is 11.4 Å². The molecule has 0 saturated carbocycles. The van der Waals surface area contributed by atoms with Crippen LogP contribution in [0.4, 0.5) is 10.1 Å². The summed E-state index contributed by atoms with van der Waals surface area (Å²) in [6, 6.07) is 14.6. The number of aromatic nitrogens is 2. The number of imide groups is 1. The van der Waals surface area contributed by atoms with E-state index in [1.165, 1.54) is 22.7 Å². The van der Waals surface area contributed by atoms with E-state index >= 15 is 4.39 Å². The molecule has 6 N–H and O–H groups in total. The van der Waals surface area contributed by atoms with Gasteiger partial charge >= 0.3 is 0 Å². The molecule has 2 aromatic heterocycles. The Morgan fingerprint density at radius 3 is 2.34 bits per heavy atom. The first-order chi connectivity index (χ1) is 39.3. The molecular formula is C60H67FN8O12S. The zero-order valence-electron chi connectivity index (χ0n) is 46.5. The lowest BCUT2D eigenvalue weighted by molar-refractivity contribution is -0.131. The molecule has 20 nitrogen and oxygen atoms in total. The molecule has 5 aromatic rings. The lowest BCUT2D eigenvalue weighted by Gasteiger charge is -2.35. The number of aryl methyl sites for hydroxylation is 3. The Morgan fingerprint density at radius 1 is 0.915 bits per heavy atom. The van der Waals surface area contributed by atoms with E-state index in [4.69, 9.17) is 19.2 Å². The maximum atomic E-state index is 15.4. The zero-order chi connectivity index (χ0) is 58.6. The second-order valence-electron chi connectivity index (χ2n) is 21.0. The normalized spacial score (nSPS) is 18.1. The number of nitrogens with one attached hydrogen (secondary N) is 5. The van der Waals surface area contributed by atoms with Crippen molar-refractivity contribution >= 4 is 69.7 Å². The van der Waals surface area contributed by atoms with Crippen LogP contribution in [0.5, 0.6) is 0 Å². The number of hydrogen-bond acceptors (Lipinski definition) is 14. The number of carbonyl (C=O) groups is 7. The van der Waals surface area contributed by atoms with Crippen molar-refractivity contribution in [2.45, 2.75) is 115 Å². The van der Waals surface area contributed by atoms with Crippen molar-refractivity contribution in [2.75, 3.05) is 50.7 Å². The van der Waals surface area contributed by atoms with Gasteiger partial charge in [-0.05, 0) is 116 Å². The molecule has 7 amide bonds. The van der Waals surface area contributed by atoms with Gasteiger partial charge in [-0.1, -0.05) is 43.8 Å². The third-order valence-corrected chi connectivity index (χ3v) is 16.8. The van der Waals surface area contributed by atoms with Crippen LogP contribution in [0.2, 0.25) is 0 Å². The van der Waals surface area contributed by atoms with E-state index in [1.807, 2.05) is 26.0 Å². The fourth-order valence-electron chi connectivity index (χ4n) is 11.4. The predicted molar refractivity (Wildman–Crippen MR) is 304 cm³/mol. The highest BCUT2D eigenvalue weighted by atomic mass is 32.2. The summed E-state index contributed by atoms with van der Waals surface area (Å²) in [5, 5.41) is 24.8. The average molecular weight is 1140 g/mol. The lowest BCUT2D eigenvalue weighted by atomic mass is 9.82. The summed E-state index contributed by atoms with van der Waals surface area (Å²) in [5.74, 6) is -3.58. The standard InChI is InChI=1S/C60H67FN8O12S/c1-7-60(78)35(5)81-30-41-42(60)23-46-56-40(29-68(46)58(41)76)55-47(17-16-39-34(4)43(61)24-44(67-56)54(39)55)80-19-18-79-31-65-51(72)27-64-57(75)45(22-36-12-9-8-10-13-36)66-52(73)28-63-50(71)26-62-49(70)15-11-14-38-32(2)20-37(21-33(38)3)69-53(74)25-48(82-6)59(69)77/h8-10,12-13,20-21,23-24,45,47-48,78H,5,7,11,14-19,22,25-31H2,1-4,6H3,(H,62,70)(H,63,71)(H,64,75)(H,65,72)(H,66,73)/t45-,47-,48?,60+/m0/s1. The molecule has 82 heavy (non-hydrogen) atoms. The second-order valence-corrected chi connectivity index (χ2v) is 22.0. The zero-order valence-corrected chi connectivity index (χ0v) is 47.3. The molecule has 5 heterocycles. The van der Waals surface area contributed by atoms with Crippen LogP contribution in [0.25, 0.3) is 22.3 Å². The maximum absolute atomic E-state index is 15.4. The maximum Gasteiger partial charge on any atom is 0.258 e. The molecule has 1 fully saturated rings. The van der Waals surface area contributed by atoms with Gasteiger partial charge in [0.05, 0.1) is 78.9 Å². The van der Waals surface area contributed by atoms with Gasteiger partial charge in [-0.3, -0.25) is 38.4 Å². The van der Waals surface area contributed by atoms with E-state index in [1.54, 1.807) is 61.1 Å². The number of anilines is 1. The van der Waals surface area contributed by atoms with Gasteiger partial charge in [-0.2, -0.15) is 11.8 Å². The van der Waals surface area contributed by atoms with E-state index < -0.39 is 59.7 Å². The third-order valence-electron chi connectivity index (χ3n) is 15.8. The van der Waals surface area contributed by atoms with Crippen LogP contribution in [-0.4, -0.2) is 113 Å². The van der Waals surface area contributed by atoms with Crippen molar-refractivity contribution in [3.05, 3.63) is 139 Å². The highest BCUT2D eigenvalue weighted by Crippen LogP contribution is 2.47. The summed E-state index contributed by atoms with van der Waals surface area (Å²) in [7, 11) is 0. The Labute approximate surface area is 477 Å². The van der Waals surface area contributed by atoms with Crippen LogP contribution in [0.1, 0.15) is 101 Å². The van der Waals surface area contributed by atoms with Crippen LogP contribution >= 0.6 is 11.8 Å². The SMILES string of the molecule is C=C1OCc2c(cc3n(c2=O)Cc2c-3nc3cc(F)c(C)c4c3c2[C@@H](OCCOCNC(=O)CNC(=O)[C@H](Cc2ccccc2)NC(=O)CNC(=O)CNC(=O)CCCc2c(C)cc(N3C(=O)CC(SC)C3=O)cc2C)CC4)[C@@]1(O)CC. The number of carbonyl (C=O) groups excluding carboxylic acids is 7. The number of halogens is 1. The molecule has 3 aromatic carbocycles. The highest BCUT2D eigenvalue weighted by molar-refractivity contribution is 8.00. The third kappa shape index (κ3) is 12.2. The Balaban J connectivity index is 0.719. The number of rotatable bonds is 23. The molecule has 1 unspecified atom stereocenters. The number of aliphatic hydroxyl groups is 1. The summed E-state index contributed by atoms with van der Waals surface area (Å²) in [6.07, 6.45) is 3.99. The summed E-state index contributed by atoms with van der Waals surface area (Å²) in [5.41, 5.74) is 7.28. The van der Waals surface area contributed by atoms with Gasteiger partial charge in [0.25, 0.3) is 5.56 Å². The number of amides is 7. The predicted octanol–water partition coefficient (Wildman–Crippen LogP) is 4.32. The highest BCUT2D eigenvalue weighted by Gasteiger charge is 2.43. The van der Waals surface area contributed by atoms with Crippen LogP contribution in [0, 0.1) is 26.6 Å². The Bertz CT molecular complexity index is 3460. The van der Waals surface area contributed by atoms with Crippen LogP contribution in [0.15, 0.2) is 71.7 Å². The van der Waals surface area contributed by atoms with Gasteiger partial charge in [0.1, 0.15) is 36.6 Å². The average Bonchev–Trinajstić information content (AvgIpc) is 1.91. The summed E-state index contributed by atoms with van der Waals surface area (Å²) in [6.45, 7) is 10.0. The fraction of sp³-hybridized carbons (Fsp3) is 0.417. The Morgan fingerprint density at radius 2 is 1.62 bits per heavy atom. The molecule has 0 bridgehead atoms. The number of ether oxygens (including phenoxy) is 3. The van der Waals surface area contributed by atoms with Crippen molar-refractivity contribution in [3.63, 3.8) is 0 Å². The molecule has 1 saturated heterocycles. The number of hydrogen-bond donors (Lipinski definition) is 6. The number of nitrogens with zero attached hydrogens (tertiary/aromatic N) is 3. The van der Waals surface area contributed by atoms with Crippen molar-refractivity contribution in [1.82, 2.24) is 36.1 Å². The first-order valence-corrected chi connectivity index (χ1v) is 28.7. The largest absolute Gasteiger partial charge is 0.490 e. The van der Waals surface area contributed by atoms with E-state index in [2.05, 4.69) is 33.2 Å². The summed E-state index contributed by atoms with van der Waals surface area (Å²) in [4.78, 5) is 110. The number of benzene rings is 3. The van der Waals surface area contributed by atoms with Gasteiger partial charge < -0.3 is 50.5 Å². The summed E-state index contributed by atoms with van der Waals surface area (Å²) >= 11 is 1.35. The van der Waals surface area contributed by atoms with Crippen LogP contribution in [-0.2, 0) is 85.8 Å². The first-order valence-electron chi connectivity index (χ1n) is 27.4. The smallest absolute Gasteiger partial charge is 0.258 e. The first kappa shape index (κ1) is 58.9. The minimum absolute atomic E-state index is 0.0329. The van der Waals surface area contributed by atoms with E-state index in [0.717, 1.165) is 44.3 Å². The molecule has 0 spiro atoms. The number of thioether (sulfide) groups is 1. The fourth-order valence-corrected chi connectivity index (χ4v) is 12.0. The van der Waals surface area contributed by atoms with Gasteiger partial charge in [-0.15, -0.1) is 0 Å².